The molecule has 2 aromatic rings. The number of ether oxygens (including phenoxy) is 2. The fourth-order valence-corrected chi connectivity index (χ4v) is 3.18. The van der Waals surface area contributed by atoms with E-state index in [1.54, 1.807) is 37.4 Å². The van der Waals surface area contributed by atoms with Crippen molar-refractivity contribution >= 4 is 23.1 Å². The molecular weight excluding hydrogens is 387 g/mol. The first-order chi connectivity index (χ1) is 14.5. The molecule has 1 aliphatic rings. The molecule has 3 rings (SSSR count). The molecule has 0 radical (unpaired) electrons. The van der Waals surface area contributed by atoms with Gasteiger partial charge in [0.15, 0.2) is 0 Å². The normalized spacial score (nSPS) is 13.9. The van der Waals surface area contributed by atoms with Crippen LogP contribution in [-0.4, -0.2) is 43.6 Å². The maximum atomic E-state index is 13.6. The molecule has 0 aromatic heterocycles. The zero-order valence-corrected chi connectivity index (χ0v) is 17.1. The monoisotopic (exact) mass is 412 g/mol. The van der Waals surface area contributed by atoms with Gasteiger partial charge in [0, 0.05) is 25.9 Å². The summed E-state index contributed by atoms with van der Waals surface area (Å²) in [7, 11) is 1.57. The van der Waals surface area contributed by atoms with Gasteiger partial charge in [-0.05, 0) is 48.7 Å². The van der Waals surface area contributed by atoms with E-state index in [2.05, 4.69) is 5.32 Å². The van der Waals surface area contributed by atoms with Crippen molar-refractivity contribution in [2.24, 2.45) is 0 Å². The van der Waals surface area contributed by atoms with Crippen molar-refractivity contribution in [3.63, 3.8) is 0 Å². The fourth-order valence-electron chi connectivity index (χ4n) is 3.18. The highest BCUT2D eigenvalue weighted by molar-refractivity contribution is 6.36. The Bertz CT molecular complexity index is 940. The quantitative estimate of drug-likeness (QED) is 0.474. The molecule has 7 heteroatoms. The van der Waals surface area contributed by atoms with Crippen molar-refractivity contribution < 1.29 is 23.5 Å². The van der Waals surface area contributed by atoms with Gasteiger partial charge in [-0.2, -0.15) is 0 Å². The molecule has 0 saturated heterocycles. The van der Waals surface area contributed by atoms with Crippen LogP contribution in [0.15, 0.2) is 54.2 Å². The van der Waals surface area contributed by atoms with E-state index in [9.17, 15) is 14.0 Å². The molecule has 1 N–H and O–H groups in total. The van der Waals surface area contributed by atoms with Gasteiger partial charge in [-0.3, -0.25) is 14.5 Å². The number of anilines is 1. The average Bonchev–Trinajstić information content (AvgIpc) is 2.97. The van der Waals surface area contributed by atoms with E-state index in [4.69, 9.17) is 9.47 Å². The van der Waals surface area contributed by atoms with E-state index in [-0.39, 0.29) is 17.8 Å². The van der Waals surface area contributed by atoms with Crippen molar-refractivity contribution in [1.82, 2.24) is 4.90 Å². The summed E-state index contributed by atoms with van der Waals surface area (Å²) >= 11 is 0. The number of carbonyl (C=O) groups is 2. The molecule has 6 nitrogen and oxygen atoms in total. The number of hydrogen-bond acceptors (Lipinski definition) is 5. The number of rotatable bonds is 10. The number of nitrogens with zero attached hydrogens (tertiary/aromatic N) is 1. The summed E-state index contributed by atoms with van der Waals surface area (Å²) in [6, 6.07) is 12.8. The molecule has 0 spiro atoms. The number of hydrogen-bond donors (Lipinski definition) is 1. The van der Waals surface area contributed by atoms with Gasteiger partial charge >= 0.3 is 0 Å². The number of methoxy groups -OCH3 is 1. The van der Waals surface area contributed by atoms with Crippen molar-refractivity contribution in [2.75, 3.05) is 32.2 Å². The van der Waals surface area contributed by atoms with E-state index in [1.807, 2.05) is 6.92 Å². The summed E-state index contributed by atoms with van der Waals surface area (Å²) < 4.78 is 24.2. The van der Waals surface area contributed by atoms with E-state index in [0.717, 1.165) is 6.42 Å². The summed E-state index contributed by atoms with van der Waals surface area (Å²) in [5.74, 6) is -0.582. The molecule has 0 unspecified atom stereocenters. The van der Waals surface area contributed by atoms with Gasteiger partial charge in [-0.1, -0.05) is 25.1 Å². The number of nitrogens with one attached hydrogen (secondary N) is 1. The van der Waals surface area contributed by atoms with Crippen LogP contribution in [0.3, 0.4) is 0 Å². The lowest BCUT2D eigenvalue weighted by atomic mass is 10.0. The first kappa shape index (κ1) is 21.5. The van der Waals surface area contributed by atoms with Gasteiger partial charge in [-0.25, -0.2) is 4.39 Å². The maximum Gasteiger partial charge on any atom is 0.278 e. The Labute approximate surface area is 175 Å². The van der Waals surface area contributed by atoms with Crippen LogP contribution in [0.5, 0.6) is 5.75 Å². The van der Waals surface area contributed by atoms with Gasteiger partial charge in [0.1, 0.15) is 17.3 Å². The van der Waals surface area contributed by atoms with Crippen LogP contribution in [0.25, 0.3) is 5.57 Å². The SMILES string of the molecule is CCCOc1ccc(C2=C(Nc3cccc(F)c3)C(=O)N(CCCOC)C2=O)cc1. The fraction of sp³-hybridized carbons (Fsp3) is 0.304. The summed E-state index contributed by atoms with van der Waals surface area (Å²) in [5, 5.41) is 2.94. The Morgan fingerprint density at radius 2 is 1.80 bits per heavy atom. The van der Waals surface area contributed by atoms with Gasteiger partial charge in [-0.15, -0.1) is 0 Å². The Kier molecular flexibility index (Phi) is 7.19. The molecule has 0 atom stereocenters. The lowest BCUT2D eigenvalue weighted by Gasteiger charge is -2.15. The largest absolute Gasteiger partial charge is 0.494 e. The summed E-state index contributed by atoms with van der Waals surface area (Å²) in [4.78, 5) is 27.3. The number of benzene rings is 2. The molecular formula is C23H25FN2O4. The summed E-state index contributed by atoms with van der Waals surface area (Å²) in [6.07, 6.45) is 1.41. The molecule has 0 bridgehead atoms. The topological polar surface area (TPSA) is 67.9 Å². The minimum Gasteiger partial charge on any atom is -0.494 e. The van der Waals surface area contributed by atoms with Gasteiger partial charge in [0.25, 0.3) is 11.8 Å². The lowest BCUT2D eigenvalue weighted by Crippen LogP contribution is -2.33. The highest BCUT2D eigenvalue weighted by Gasteiger charge is 2.38. The van der Waals surface area contributed by atoms with E-state index < -0.39 is 17.6 Å². The molecule has 2 aromatic carbocycles. The number of amides is 2. The van der Waals surface area contributed by atoms with Crippen LogP contribution in [-0.2, 0) is 14.3 Å². The zero-order chi connectivity index (χ0) is 21.5. The molecule has 1 heterocycles. The molecule has 2 amide bonds. The summed E-state index contributed by atoms with van der Waals surface area (Å²) in [6.45, 7) is 3.28. The predicted octanol–water partition coefficient (Wildman–Crippen LogP) is 3.84. The van der Waals surface area contributed by atoms with Crippen molar-refractivity contribution in [2.45, 2.75) is 19.8 Å². The second kappa shape index (κ2) is 10.0. The smallest absolute Gasteiger partial charge is 0.278 e. The van der Waals surface area contributed by atoms with E-state index in [1.165, 1.54) is 23.1 Å². The average molecular weight is 412 g/mol. The molecule has 0 saturated carbocycles. The second-order valence-corrected chi connectivity index (χ2v) is 6.87. The van der Waals surface area contributed by atoms with Crippen LogP contribution in [0.2, 0.25) is 0 Å². The van der Waals surface area contributed by atoms with E-state index >= 15 is 0 Å². The third-order valence-electron chi connectivity index (χ3n) is 4.61. The zero-order valence-electron chi connectivity index (χ0n) is 17.1. The first-order valence-corrected chi connectivity index (χ1v) is 9.90. The van der Waals surface area contributed by atoms with Crippen molar-refractivity contribution in [1.29, 1.82) is 0 Å². The van der Waals surface area contributed by atoms with Crippen LogP contribution >= 0.6 is 0 Å². The Morgan fingerprint density at radius 1 is 1.03 bits per heavy atom. The van der Waals surface area contributed by atoms with Crippen LogP contribution in [0, 0.1) is 5.82 Å². The third-order valence-corrected chi connectivity index (χ3v) is 4.61. The highest BCUT2D eigenvalue weighted by Crippen LogP contribution is 2.31. The molecule has 1 aliphatic heterocycles. The number of imide groups is 1. The third kappa shape index (κ3) is 4.86. The minimum atomic E-state index is -0.443. The first-order valence-electron chi connectivity index (χ1n) is 9.90. The predicted molar refractivity (Wildman–Crippen MR) is 112 cm³/mol. The van der Waals surface area contributed by atoms with Gasteiger partial charge in [0.05, 0.1) is 12.2 Å². The van der Waals surface area contributed by atoms with Gasteiger partial charge in [0.2, 0.25) is 0 Å². The minimum absolute atomic E-state index is 0.130. The maximum absolute atomic E-state index is 13.6. The number of carbonyl (C=O) groups excluding carboxylic acids is 2. The molecule has 158 valence electrons. The Morgan fingerprint density at radius 3 is 2.47 bits per heavy atom. The van der Waals surface area contributed by atoms with Crippen LogP contribution in [0.1, 0.15) is 25.3 Å². The van der Waals surface area contributed by atoms with Gasteiger partial charge < -0.3 is 14.8 Å². The van der Waals surface area contributed by atoms with Crippen LogP contribution in [0.4, 0.5) is 10.1 Å². The summed E-state index contributed by atoms with van der Waals surface area (Å²) in [5.41, 5.74) is 1.37. The molecule has 0 fully saturated rings. The van der Waals surface area contributed by atoms with Crippen molar-refractivity contribution in [3.05, 3.63) is 65.6 Å². The Hall–Kier alpha value is -3.19. The number of halogens is 1. The van der Waals surface area contributed by atoms with Crippen molar-refractivity contribution in [3.8, 4) is 5.75 Å². The lowest BCUT2D eigenvalue weighted by molar-refractivity contribution is -0.136. The standard InChI is InChI=1S/C23H25FN2O4/c1-3-13-30-19-10-8-16(9-11-19)20-21(25-18-7-4-6-17(24)15-18)23(28)26(22(20)27)12-5-14-29-2/h4,6-11,15,25H,3,5,12-14H2,1-2H3. The highest BCUT2D eigenvalue weighted by atomic mass is 19.1. The molecule has 30 heavy (non-hydrogen) atoms. The van der Waals surface area contributed by atoms with Crippen LogP contribution < -0.4 is 10.1 Å². The van der Waals surface area contributed by atoms with E-state index in [0.29, 0.717) is 36.6 Å². The second-order valence-electron chi connectivity index (χ2n) is 6.87. The Balaban J connectivity index is 1.94. The molecule has 0 aliphatic carbocycles.